The number of nitrogens with zero attached hydrogens (tertiary/aromatic N) is 8. The molecule has 0 amide bonds. The van der Waals surface area contributed by atoms with Crippen LogP contribution in [0.5, 0.6) is 0 Å². The van der Waals surface area contributed by atoms with Crippen molar-refractivity contribution >= 4 is 60.7 Å². The summed E-state index contributed by atoms with van der Waals surface area (Å²) < 4.78 is 9.17. The molecule has 12 rings (SSSR count). The lowest BCUT2D eigenvalue weighted by Gasteiger charge is -2.11. The first-order valence-corrected chi connectivity index (χ1v) is 18.7. The van der Waals surface area contributed by atoms with Crippen LogP contribution in [0.4, 0.5) is 0 Å². The third-order valence-corrected chi connectivity index (χ3v) is 10.8. The first-order valence-electron chi connectivity index (χ1n) is 18.7. The zero-order valence-electron chi connectivity index (χ0n) is 29.9. The third-order valence-electron chi connectivity index (χ3n) is 10.8. The van der Waals surface area contributed by atoms with Crippen LogP contribution in [0.3, 0.4) is 0 Å². The quantitative estimate of drug-likeness (QED) is 0.178. The number of para-hydroxylation sites is 5. The molecule has 0 radical (unpaired) electrons. The standard InChI is InChI=1S/C48H30N8/c1-4-16-31(17-5-1)44-50-45(32-18-6-2-7-19-32)52-47(51-44)55-39-25-13-10-22-35(39)37-30-34(28-29-41(37)55)53-40-26-14-11-23-36(40)43-46(53)56-42-27-15-12-24-38(42)49-48(56)54(43)33-20-8-3-9-21-33/h1-30H. The lowest BCUT2D eigenvalue weighted by molar-refractivity contribution is 0.953. The smallest absolute Gasteiger partial charge is 0.238 e. The molecule has 0 saturated carbocycles. The van der Waals surface area contributed by atoms with Crippen LogP contribution in [0, 0.1) is 0 Å². The number of fused-ring (bicyclic) bond motifs is 10. The number of imidazole rings is 2. The molecule has 0 aliphatic heterocycles. The molecule has 0 spiro atoms. The zero-order valence-corrected chi connectivity index (χ0v) is 29.9. The summed E-state index contributed by atoms with van der Waals surface area (Å²) in [4.78, 5) is 20.5. The molecule has 0 aliphatic rings. The SMILES string of the molecule is c1ccc(-c2nc(-c3ccccc3)nc(-n3c4ccccc4c4cc(-n5c6ccccc6c6c5n5c7ccccc7nc5n6-c5ccccc5)ccc43)n2)cc1. The Labute approximate surface area is 319 Å². The van der Waals surface area contributed by atoms with E-state index < -0.39 is 0 Å². The molecule has 0 saturated heterocycles. The first kappa shape index (κ1) is 30.6. The van der Waals surface area contributed by atoms with Gasteiger partial charge in [0, 0.05) is 38.7 Å². The van der Waals surface area contributed by atoms with Crippen LogP contribution in [0.25, 0.3) is 101 Å². The predicted molar refractivity (Wildman–Crippen MR) is 225 cm³/mol. The van der Waals surface area contributed by atoms with Gasteiger partial charge >= 0.3 is 0 Å². The second-order valence-corrected chi connectivity index (χ2v) is 14.0. The van der Waals surface area contributed by atoms with E-state index in [9.17, 15) is 0 Å². The highest BCUT2D eigenvalue weighted by molar-refractivity contribution is 6.12. The van der Waals surface area contributed by atoms with Gasteiger partial charge in [-0.1, -0.05) is 127 Å². The molecule has 5 heterocycles. The summed E-state index contributed by atoms with van der Waals surface area (Å²) >= 11 is 0. The Bertz CT molecular complexity index is 3410. The summed E-state index contributed by atoms with van der Waals surface area (Å²) in [6.45, 7) is 0. The Hall–Kier alpha value is -7.84. The number of hydrogen-bond donors (Lipinski definition) is 0. The lowest BCUT2D eigenvalue weighted by atomic mass is 10.1. The van der Waals surface area contributed by atoms with Gasteiger partial charge in [0.1, 0.15) is 5.52 Å². The molecule has 0 aliphatic carbocycles. The van der Waals surface area contributed by atoms with Gasteiger partial charge in [0.25, 0.3) is 0 Å². The number of benzene rings is 7. The van der Waals surface area contributed by atoms with Crippen LogP contribution in [0.15, 0.2) is 182 Å². The fourth-order valence-electron chi connectivity index (χ4n) is 8.40. The van der Waals surface area contributed by atoms with Gasteiger partial charge in [-0.15, -0.1) is 0 Å². The molecule has 0 atom stereocenters. The van der Waals surface area contributed by atoms with Gasteiger partial charge in [0.2, 0.25) is 11.7 Å². The average Bonchev–Trinajstić information content (AvgIpc) is 3.99. The van der Waals surface area contributed by atoms with Gasteiger partial charge in [-0.3, -0.25) is 18.1 Å². The van der Waals surface area contributed by atoms with Crippen molar-refractivity contribution in [2.24, 2.45) is 0 Å². The Balaban J connectivity index is 1.16. The molecule has 0 fully saturated rings. The molecule has 5 aromatic heterocycles. The lowest BCUT2D eigenvalue weighted by Crippen LogP contribution is -2.06. The highest BCUT2D eigenvalue weighted by atomic mass is 15.3. The van der Waals surface area contributed by atoms with E-state index in [-0.39, 0.29) is 0 Å². The predicted octanol–water partition coefficient (Wildman–Crippen LogP) is 11.0. The second kappa shape index (κ2) is 11.8. The molecular formula is C48H30N8. The first-order chi connectivity index (χ1) is 27.8. The summed E-state index contributed by atoms with van der Waals surface area (Å²) in [7, 11) is 0. The summed E-state index contributed by atoms with van der Waals surface area (Å²) in [6.07, 6.45) is 0. The monoisotopic (exact) mass is 718 g/mol. The van der Waals surface area contributed by atoms with Gasteiger partial charge in [-0.05, 0) is 54.6 Å². The summed E-state index contributed by atoms with van der Waals surface area (Å²) in [5.74, 6) is 2.69. The van der Waals surface area contributed by atoms with Crippen molar-refractivity contribution in [3.05, 3.63) is 182 Å². The van der Waals surface area contributed by atoms with Crippen LogP contribution in [-0.2, 0) is 0 Å². The van der Waals surface area contributed by atoms with Crippen LogP contribution < -0.4 is 0 Å². The van der Waals surface area contributed by atoms with E-state index in [2.05, 4.69) is 139 Å². The molecule has 0 bridgehead atoms. The van der Waals surface area contributed by atoms with E-state index in [1.165, 1.54) is 0 Å². The second-order valence-electron chi connectivity index (χ2n) is 14.0. The number of hydrogen-bond acceptors (Lipinski definition) is 4. The van der Waals surface area contributed by atoms with Crippen LogP contribution in [0.2, 0.25) is 0 Å². The maximum absolute atomic E-state index is 5.22. The van der Waals surface area contributed by atoms with Crippen LogP contribution in [-0.4, -0.2) is 38.0 Å². The number of aromatic nitrogens is 8. The molecule has 8 nitrogen and oxygen atoms in total. The largest absolute Gasteiger partial charge is 0.294 e. The molecule has 56 heavy (non-hydrogen) atoms. The topological polar surface area (TPSA) is 70.8 Å². The van der Waals surface area contributed by atoms with E-state index >= 15 is 0 Å². The Morgan fingerprint density at radius 1 is 0.357 bits per heavy atom. The van der Waals surface area contributed by atoms with Crippen molar-refractivity contribution in [3.8, 4) is 40.1 Å². The van der Waals surface area contributed by atoms with Gasteiger partial charge in [-0.2, -0.15) is 9.97 Å². The van der Waals surface area contributed by atoms with E-state index in [1.807, 2.05) is 60.7 Å². The summed E-state index contributed by atoms with van der Waals surface area (Å²) in [5, 5.41) is 3.36. The summed E-state index contributed by atoms with van der Waals surface area (Å²) in [6, 6.07) is 63.0. The Morgan fingerprint density at radius 2 is 0.911 bits per heavy atom. The van der Waals surface area contributed by atoms with Gasteiger partial charge < -0.3 is 0 Å². The molecular weight excluding hydrogens is 689 g/mol. The normalized spacial score (nSPS) is 11.9. The van der Waals surface area contributed by atoms with Crippen molar-refractivity contribution in [1.29, 1.82) is 0 Å². The maximum atomic E-state index is 5.22. The van der Waals surface area contributed by atoms with E-state index in [4.69, 9.17) is 19.9 Å². The highest BCUT2D eigenvalue weighted by Crippen LogP contribution is 2.40. The van der Waals surface area contributed by atoms with E-state index in [0.717, 1.165) is 83.2 Å². The molecule has 8 heteroatoms. The van der Waals surface area contributed by atoms with Crippen molar-refractivity contribution < 1.29 is 0 Å². The van der Waals surface area contributed by atoms with Crippen molar-refractivity contribution in [2.75, 3.05) is 0 Å². The fraction of sp³-hybridized carbons (Fsp3) is 0. The minimum Gasteiger partial charge on any atom is -0.294 e. The Kier molecular flexibility index (Phi) is 6.47. The fourth-order valence-corrected chi connectivity index (χ4v) is 8.40. The minimum atomic E-state index is 0.567. The molecule has 12 aromatic rings. The van der Waals surface area contributed by atoms with Gasteiger partial charge in [-0.25, -0.2) is 9.97 Å². The van der Waals surface area contributed by atoms with Crippen LogP contribution >= 0.6 is 0 Å². The number of rotatable bonds is 5. The minimum absolute atomic E-state index is 0.567. The average molecular weight is 719 g/mol. The highest BCUT2D eigenvalue weighted by Gasteiger charge is 2.26. The van der Waals surface area contributed by atoms with E-state index in [0.29, 0.717) is 17.6 Å². The van der Waals surface area contributed by atoms with Crippen LogP contribution in [0.1, 0.15) is 0 Å². The van der Waals surface area contributed by atoms with Gasteiger partial charge in [0.05, 0.1) is 27.6 Å². The maximum Gasteiger partial charge on any atom is 0.238 e. The van der Waals surface area contributed by atoms with Crippen molar-refractivity contribution in [1.82, 2.24) is 38.0 Å². The third kappa shape index (κ3) is 4.41. The van der Waals surface area contributed by atoms with Crippen molar-refractivity contribution in [2.45, 2.75) is 0 Å². The van der Waals surface area contributed by atoms with Gasteiger partial charge in [0.15, 0.2) is 17.3 Å². The van der Waals surface area contributed by atoms with E-state index in [1.54, 1.807) is 0 Å². The zero-order chi connectivity index (χ0) is 36.7. The van der Waals surface area contributed by atoms with Crippen molar-refractivity contribution in [3.63, 3.8) is 0 Å². The molecule has 0 unspecified atom stereocenters. The molecule has 0 N–H and O–H groups in total. The Morgan fingerprint density at radius 3 is 1.61 bits per heavy atom. The molecule has 262 valence electrons. The summed E-state index contributed by atoms with van der Waals surface area (Å²) in [5.41, 5.74) is 11.3. The molecule has 7 aromatic carbocycles.